The maximum atomic E-state index is 12.7. The van der Waals surface area contributed by atoms with Gasteiger partial charge in [0.25, 0.3) is 0 Å². The van der Waals surface area contributed by atoms with Gasteiger partial charge < -0.3 is 4.74 Å². The zero-order valence-corrected chi connectivity index (χ0v) is 11.3. The Kier molecular flexibility index (Phi) is 4.85. The van der Waals surface area contributed by atoms with Gasteiger partial charge in [-0.25, -0.2) is 0 Å². The second-order valence-corrected chi connectivity index (χ2v) is 8.34. The molecule has 0 aliphatic rings. The molecule has 0 saturated heterocycles. The van der Waals surface area contributed by atoms with Gasteiger partial charge in [-0.3, -0.25) is 0 Å². The van der Waals surface area contributed by atoms with Crippen LogP contribution in [0.2, 0.25) is 0 Å². The van der Waals surface area contributed by atoms with Crippen LogP contribution < -0.4 is 4.74 Å². The lowest BCUT2D eigenvalue weighted by molar-refractivity contribution is -0.360. The molecule has 0 aliphatic heterocycles. The van der Waals surface area contributed by atoms with Gasteiger partial charge in [0.05, 0.1) is 0 Å². The topological polar surface area (TPSA) is 9.23 Å². The van der Waals surface area contributed by atoms with Crippen LogP contribution in [0.5, 0.6) is 5.75 Å². The standard InChI is InChI=1S/C9H7Cl2F5OSi/c10-18(11)5-6-3-1-2-4-7(6)17-9(15,16)8(12,13)14/h1-4,18H,5H2. The molecule has 9 heteroatoms. The summed E-state index contributed by atoms with van der Waals surface area (Å²) in [5.41, 5.74) is 0.128. The number of alkyl halides is 5. The molecule has 1 rings (SSSR count). The summed E-state index contributed by atoms with van der Waals surface area (Å²) in [5.74, 6) is -0.571. The van der Waals surface area contributed by atoms with Crippen molar-refractivity contribution in [1.82, 2.24) is 0 Å². The normalized spacial score (nSPS) is 12.9. The lowest BCUT2D eigenvalue weighted by Gasteiger charge is -2.21. The van der Waals surface area contributed by atoms with Crippen molar-refractivity contribution in [2.75, 3.05) is 0 Å². The summed E-state index contributed by atoms with van der Waals surface area (Å²) in [5, 5.41) is 0. The Morgan fingerprint density at radius 2 is 1.61 bits per heavy atom. The first kappa shape index (κ1) is 15.5. The summed E-state index contributed by atoms with van der Waals surface area (Å²) in [6, 6.07) is 5.14. The number of hydrogen-bond donors (Lipinski definition) is 0. The summed E-state index contributed by atoms with van der Waals surface area (Å²) in [6.45, 7) is 0. The predicted octanol–water partition coefficient (Wildman–Crippen LogP) is 4.00. The number of hydrogen-bond acceptors (Lipinski definition) is 1. The predicted molar refractivity (Wildman–Crippen MR) is 60.6 cm³/mol. The van der Waals surface area contributed by atoms with Crippen molar-refractivity contribution >= 4 is 29.6 Å². The lowest BCUT2D eigenvalue weighted by atomic mass is 10.2. The first-order valence-corrected chi connectivity index (χ1v) is 8.94. The van der Waals surface area contributed by atoms with Crippen LogP contribution in [0.1, 0.15) is 5.56 Å². The van der Waals surface area contributed by atoms with Crippen molar-refractivity contribution in [1.29, 1.82) is 0 Å². The lowest BCUT2D eigenvalue weighted by Crippen LogP contribution is -2.42. The quantitative estimate of drug-likeness (QED) is 0.462. The van der Waals surface area contributed by atoms with Gasteiger partial charge >= 0.3 is 12.3 Å². The molecule has 0 atom stereocenters. The molecule has 0 amide bonds. The highest BCUT2D eigenvalue weighted by molar-refractivity contribution is 7.33. The minimum absolute atomic E-state index is 0.0349. The third-order valence-corrected chi connectivity index (χ3v) is 3.59. The van der Waals surface area contributed by atoms with Crippen LogP contribution in [0.3, 0.4) is 0 Å². The highest BCUT2D eigenvalue weighted by Gasteiger charge is 2.61. The molecule has 1 nitrogen and oxygen atoms in total. The summed E-state index contributed by atoms with van der Waals surface area (Å²) in [7, 11) is -2.20. The minimum Gasteiger partial charge on any atom is -0.425 e. The van der Waals surface area contributed by atoms with Crippen molar-refractivity contribution in [3.05, 3.63) is 29.8 Å². The Labute approximate surface area is 110 Å². The largest absolute Gasteiger partial charge is 0.499 e. The Bertz CT molecular complexity index is 410. The summed E-state index contributed by atoms with van der Waals surface area (Å²) in [4.78, 5) is 0. The van der Waals surface area contributed by atoms with Gasteiger partial charge in [0, 0.05) is 0 Å². The van der Waals surface area contributed by atoms with Crippen LogP contribution in [-0.4, -0.2) is 19.7 Å². The second kappa shape index (κ2) is 5.62. The molecular weight excluding hydrogens is 318 g/mol. The zero-order valence-electron chi connectivity index (χ0n) is 8.65. The molecule has 0 fully saturated rings. The van der Waals surface area contributed by atoms with Crippen molar-refractivity contribution in [2.45, 2.75) is 18.3 Å². The van der Waals surface area contributed by atoms with E-state index in [1.54, 1.807) is 0 Å². The summed E-state index contributed by atoms with van der Waals surface area (Å²) < 4.78 is 65.2. The van der Waals surface area contributed by atoms with Gasteiger partial charge in [-0.15, -0.1) is 22.2 Å². The number of benzene rings is 1. The molecule has 1 aromatic carbocycles. The van der Waals surface area contributed by atoms with Gasteiger partial charge in [0.15, 0.2) is 0 Å². The zero-order chi connectivity index (χ0) is 14.0. The molecule has 1 aromatic rings. The molecule has 0 N–H and O–H groups in total. The van der Waals surface area contributed by atoms with Crippen molar-refractivity contribution in [3.63, 3.8) is 0 Å². The van der Waals surface area contributed by atoms with Gasteiger partial charge in [-0.1, -0.05) is 18.2 Å². The number of para-hydroxylation sites is 1. The van der Waals surface area contributed by atoms with Crippen LogP contribution in [0.15, 0.2) is 24.3 Å². The van der Waals surface area contributed by atoms with E-state index in [9.17, 15) is 22.0 Å². The van der Waals surface area contributed by atoms with E-state index in [1.165, 1.54) is 18.2 Å². The van der Waals surface area contributed by atoms with E-state index in [4.69, 9.17) is 22.2 Å². The molecule has 18 heavy (non-hydrogen) atoms. The maximum Gasteiger partial charge on any atom is 0.499 e. The van der Waals surface area contributed by atoms with Crippen molar-refractivity contribution in [3.8, 4) is 5.75 Å². The third-order valence-electron chi connectivity index (χ3n) is 1.91. The van der Waals surface area contributed by atoms with E-state index in [-0.39, 0.29) is 11.6 Å². The van der Waals surface area contributed by atoms with Crippen LogP contribution in [0, 0.1) is 0 Å². The van der Waals surface area contributed by atoms with Crippen LogP contribution in [-0.2, 0) is 6.04 Å². The Hall–Kier alpha value is -0.533. The molecule has 0 bridgehead atoms. The van der Waals surface area contributed by atoms with E-state index < -0.39 is 25.5 Å². The number of halogens is 7. The molecule has 0 saturated carbocycles. The maximum absolute atomic E-state index is 12.7. The van der Waals surface area contributed by atoms with Crippen LogP contribution in [0.25, 0.3) is 0 Å². The molecule has 0 heterocycles. The average molecular weight is 325 g/mol. The fourth-order valence-corrected chi connectivity index (χ4v) is 2.80. The Morgan fingerprint density at radius 1 is 1.06 bits per heavy atom. The van der Waals surface area contributed by atoms with Crippen LogP contribution in [0.4, 0.5) is 22.0 Å². The highest BCUT2D eigenvalue weighted by Crippen LogP contribution is 2.38. The Balaban J connectivity index is 2.97. The molecule has 0 unspecified atom stereocenters. The molecule has 0 spiro atoms. The number of ether oxygens (including phenoxy) is 1. The second-order valence-electron chi connectivity index (χ2n) is 3.32. The van der Waals surface area contributed by atoms with E-state index in [2.05, 4.69) is 4.74 Å². The molecule has 0 radical (unpaired) electrons. The van der Waals surface area contributed by atoms with Gasteiger partial charge in [0.1, 0.15) is 5.75 Å². The van der Waals surface area contributed by atoms with E-state index >= 15 is 0 Å². The molecule has 102 valence electrons. The minimum atomic E-state index is -5.78. The van der Waals surface area contributed by atoms with E-state index in [0.29, 0.717) is 0 Å². The van der Waals surface area contributed by atoms with Crippen molar-refractivity contribution < 1.29 is 26.7 Å². The molecular formula is C9H7Cl2F5OSi. The average Bonchev–Trinajstić information content (AvgIpc) is 2.18. The third kappa shape index (κ3) is 3.99. The fourth-order valence-electron chi connectivity index (χ4n) is 1.13. The first-order valence-electron chi connectivity index (χ1n) is 4.63. The highest BCUT2D eigenvalue weighted by atomic mass is 35.7. The smallest absolute Gasteiger partial charge is 0.425 e. The summed E-state index contributed by atoms with van der Waals surface area (Å²) in [6.07, 6.45) is -11.0. The summed E-state index contributed by atoms with van der Waals surface area (Å²) >= 11 is 11.2. The van der Waals surface area contributed by atoms with E-state index in [1.807, 2.05) is 0 Å². The molecule has 0 aromatic heterocycles. The number of rotatable bonds is 4. The Morgan fingerprint density at radius 3 is 2.11 bits per heavy atom. The van der Waals surface area contributed by atoms with Crippen LogP contribution >= 0.6 is 22.2 Å². The monoisotopic (exact) mass is 324 g/mol. The van der Waals surface area contributed by atoms with E-state index in [0.717, 1.165) is 6.07 Å². The van der Waals surface area contributed by atoms with Crippen molar-refractivity contribution in [2.24, 2.45) is 0 Å². The van der Waals surface area contributed by atoms with Gasteiger partial charge in [-0.05, 0) is 17.7 Å². The fraction of sp³-hybridized carbons (Fsp3) is 0.333. The molecule has 0 aliphatic carbocycles. The SMILES string of the molecule is FC(F)(F)C(F)(F)Oc1ccccc1C[SiH](Cl)Cl. The van der Waals surface area contributed by atoms with Gasteiger partial charge in [0.2, 0.25) is 7.42 Å². The van der Waals surface area contributed by atoms with Gasteiger partial charge in [-0.2, -0.15) is 22.0 Å². The first-order chi connectivity index (χ1) is 8.13.